The maximum Gasteiger partial charge on any atom is 0.0558 e. The van der Waals surface area contributed by atoms with Gasteiger partial charge >= 0.3 is 0 Å². The van der Waals surface area contributed by atoms with Crippen molar-refractivity contribution in [2.45, 2.75) is 51.0 Å². The lowest BCUT2D eigenvalue weighted by molar-refractivity contribution is 0.0571. The second-order valence-electron chi connectivity index (χ2n) is 5.69. The fourth-order valence-corrected chi connectivity index (χ4v) is 3.25. The minimum absolute atomic E-state index is 0.289. The van der Waals surface area contributed by atoms with E-state index in [-0.39, 0.29) is 6.61 Å². The van der Waals surface area contributed by atoms with Crippen LogP contribution in [0, 0.1) is 5.41 Å². The van der Waals surface area contributed by atoms with Crippen LogP contribution in [0.15, 0.2) is 0 Å². The molecule has 2 aliphatic rings. The number of hydrogen-bond acceptors (Lipinski definition) is 3. The number of aliphatic hydroxyl groups excluding tert-OH is 1. The Morgan fingerprint density at radius 1 is 1.19 bits per heavy atom. The molecule has 0 radical (unpaired) electrons. The molecule has 0 saturated heterocycles. The molecule has 0 atom stereocenters. The van der Waals surface area contributed by atoms with Crippen LogP contribution in [0.3, 0.4) is 0 Å². The van der Waals surface area contributed by atoms with Crippen LogP contribution in [0.2, 0.25) is 0 Å². The zero-order chi connectivity index (χ0) is 11.4. The summed E-state index contributed by atoms with van der Waals surface area (Å²) in [6, 6.07) is 0.733. The minimum Gasteiger partial charge on any atom is -0.395 e. The largest absolute Gasteiger partial charge is 0.395 e. The lowest BCUT2D eigenvalue weighted by Gasteiger charge is -2.42. The van der Waals surface area contributed by atoms with Crippen molar-refractivity contribution < 1.29 is 5.11 Å². The topological polar surface area (TPSA) is 49.5 Å². The molecule has 2 aliphatic carbocycles. The van der Waals surface area contributed by atoms with E-state index in [1.165, 1.54) is 44.9 Å². The van der Waals surface area contributed by atoms with Crippen LogP contribution < -0.4 is 5.73 Å². The molecule has 0 heterocycles. The van der Waals surface area contributed by atoms with Gasteiger partial charge in [-0.2, -0.15) is 0 Å². The monoisotopic (exact) mass is 226 g/mol. The van der Waals surface area contributed by atoms with Crippen molar-refractivity contribution in [1.29, 1.82) is 0 Å². The fourth-order valence-electron chi connectivity index (χ4n) is 3.25. The van der Waals surface area contributed by atoms with Gasteiger partial charge in [0.15, 0.2) is 0 Å². The third-order valence-corrected chi connectivity index (χ3v) is 4.61. The molecule has 3 nitrogen and oxygen atoms in total. The van der Waals surface area contributed by atoms with Gasteiger partial charge in [-0.05, 0) is 37.6 Å². The van der Waals surface area contributed by atoms with Crippen LogP contribution >= 0.6 is 0 Å². The first-order valence-corrected chi connectivity index (χ1v) is 6.85. The van der Waals surface area contributed by atoms with E-state index >= 15 is 0 Å². The summed E-state index contributed by atoms with van der Waals surface area (Å²) in [6.07, 6.45) is 9.27. The lowest BCUT2D eigenvalue weighted by Crippen LogP contribution is -2.49. The van der Waals surface area contributed by atoms with Gasteiger partial charge in [-0.3, -0.25) is 4.90 Å². The summed E-state index contributed by atoms with van der Waals surface area (Å²) < 4.78 is 0. The van der Waals surface area contributed by atoms with Crippen LogP contribution in [0.1, 0.15) is 44.9 Å². The highest BCUT2D eigenvalue weighted by molar-refractivity contribution is 4.91. The van der Waals surface area contributed by atoms with E-state index in [0.29, 0.717) is 5.41 Å². The van der Waals surface area contributed by atoms with E-state index in [2.05, 4.69) is 4.90 Å². The average Bonchev–Trinajstić information content (AvgIpc) is 2.65. The van der Waals surface area contributed by atoms with Crippen molar-refractivity contribution in [3.05, 3.63) is 0 Å². The van der Waals surface area contributed by atoms with Crippen LogP contribution in [0.4, 0.5) is 0 Å². The van der Waals surface area contributed by atoms with Crippen molar-refractivity contribution in [2.24, 2.45) is 11.1 Å². The molecular weight excluding hydrogens is 200 g/mol. The van der Waals surface area contributed by atoms with E-state index in [9.17, 15) is 0 Å². The molecular formula is C13H26N2O. The van der Waals surface area contributed by atoms with E-state index in [4.69, 9.17) is 10.8 Å². The molecule has 16 heavy (non-hydrogen) atoms. The van der Waals surface area contributed by atoms with E-state index in [0.717, 1.165) is 25.7 Å². The molecule has 0 aromatic heterocycles. The summed E-state index contributed by atoms with van der Waals surface area (Å²) in [4.78, 5) is 2.50. The zero-order valence-corrected chi connectivity index (χ0v) is 10.3. The summed E-state index contributed by atoms with van der Waals surface area (Å²) in [6.45, 7) is 3.07. The van der Waals surface area contributed by atoms with E-state index < -0.39 is 0 Å². The maximum absolute atomic E-state index is 9.16. The summed E-state index contributed by atoms with van der Waals surface area (Å²) in [5.74, 6) is 0. The molecule has 2 saturated carbocycles. The molecule has 0 aliphatic heterocycles. The normalized spacial score (nSPS) is 24.9. The van der Waals surface area contributed by atoms with Crippen molar-refractivity contribution in [2.75, 3.05) is 26.2 Å². The predicted molar refractivity (Wildman–Crippen MR) is 66.3 cm³/mol. The van der Waals surface area contributed by atoms with Crippen molar-refractivity contribution in [3.8, 4) is 0 Å². The molecule has 2 fully saturated rings. The van der Waals surface area contributed by atoms with Crippen molar-refractivity contribution in [1.82, 2.24) is 4.90 Å². The van der Waals surface area contributed by atoms with Gasteiger partial charge in [0, 0.05) is 19.1 Å². The Labute approximate surface area is 99.0 Å². The van der Waals surface area contributed by atoms with Crippen molar-refractivity contribution >= 4 is 0 Å². The highest BCUT2D eigenvalue weighted by Gasteiger charge is 2.36. The highest BCUT2D eigenvalue weighted by Crippen LogP contribution is 2.39. The summed E-state index contributed by atoms with van der Waals surface area (Å²) in [5, 5.41) is 9.16. The van der Waals surface area contributed by atoms with Gasteiger partial charge in [0.1, 0.15) is 0 Å². The Bertz CT molecular complexity index is 210. The second-order valence-corrected chi connectivity index (χ2v) is 5.69. The number of rotatable bonds is 6. The van der Waals surface area contributed by atoms with Gasteiger partial charge in [-0.15, -0.1) is 0 Å². The highest BCUT2D eigenvalue weighted by atomic mass is 16.3. The standard InChI is InChI=1S/C13H26N2O/c14-10-13(6-1-2-7-13)11-15(8-9-16)12-4-3-5-12/h12,16H,1-11,14H2. The molecule has 3 N–H and O–H groups in total. The first-order valence-electron chi connectivity index (χ1n) is 6.85. The quantitative estimate of drug-likeness (QED) is 0.719. The lowest BCUT2D eigenvalue weighted by atomic mass is 9.83. The fraction of sp³-hybridized carbons (Fsp3) is 1.00. The molecule has 3 heteroatoms. The smallest absolute Gasteiger partial charge is 0.0558 e. The Balaban J connectivity index is 1.92. The molecule has 2 rings (SSSR count). The van der Waals surface area contributed by atoms with Gasteiger partial charge in [-0.1, -0.05) is 19.3 Å². The van der Waals surface area contributed by atoms with Crippen molar-refractivity contribution in [3.63, 3.8) is 0 Å². The SMILES string of the molecule is NCC1(CN(CCO)C2CCC2)CCCC1. The number of aliphatic hydroxyl groups is 1. The molecule has 0 amide bonds. The molecule has 0 unspecified atom stereocenters. The third-order valence-electron chi connectivity index (χ3n) is 4.61. The maximum atomic E-state index is 9.16. The van der Waals surface area contributed by atoms with Gasteiger partial charge in [0.2, 0.25) is 0 Å². The molecule has 0 bridgehead atoms. The third kappa shape index (κ3) is 2.58. The van der Waals surface area contributed by atoms with Crippen LogP contribution in [-0.2, 0) is 0 Å². The summed E-state index contributed by atoms with van der Waals surface area (Å²) in [5.41, 5.74) is 6.35. The minimum atomic E-state index is 0.289. The van der Waals surface area contributed by atoms with Gasteiger partial charge in [0.05, 0.1) is 6.61 Å². The Hall–Kier alpha value is -0.120. The Morgan fingerprint density at radius 2 is 1.88 bits per heavy atom. The molecule has 0 aromatic rings. The summed E-state index contributed by atoms with van der Waals surface area (Å²) >= 11 is 0. The van der Waals surface area contributed by atoms with Crippen LogP contribution in [0.5, 0.6) is 0 Å². The first kappa shape index (κ1) is 12.3. The van der Waals surface area contributed by atoms with E-state index in [1.807, 2.05) is 0 Å². The summed E-state index contributed by atoms with van der Waals surface area (Å²) in [7, 11) is 0. The average molecular weight is 226 g/mol. The Kier molecular flexibility index (Phi) is 4.22. The second kappa shape index (κ2) is 5.48. The first-order chi connectivity index (χ1) is 7.79. The number of nitrogens with zero attached hydrogens (tertiary/aromatic N) is 1. The number of hydrogen-bond donors (Lipinski definition) is 2. The Morgan fingerprint density at radius 3 is 2.31 bits per heavy atom. The van der Waals surface area contributed by atoms with Gasteiger partial charge < -0.3 is 10.8 Å². The predicted octanol–water partition coefficient (Wildman–Crippen LogP) is 1.35. The molecule has 0 spiro atoms. The van der Waals surface area contributed by atoms with Gasteiger partial charge in [-0.25, -0.2) is 0 Å². The molecule has 0 aromatic carbocycles. The number of nitrogens with two attached hydrogens (primary N) is 1. The van der Waals surface area contributed by atoms with E-state index in [1.54, 1.807) is 0 Å². The molecule has 94 valence electrons. The van der Waals surface area contributed by atoms with Crippen LogP contribution in [0.25, 0.3) is 0 Å². The van der Waals surface area contributed by atoms with Gasteiger partial charge in [0.25, 0.3) is 0 Å². The van der Waals surface area contributed by atoms with Crippen LogP contribution in [-0.4, -0.2) is 42.3 Å². The zero-order valence-electron chi connectivity index (χ0n) is 10.3.